The molecule has 9 heteroatoms. The van der Waals surface area contributed by atoms with Crippen molar-refractivity contribution in [2.24, 2.45) is 4.99 Å². The number of halogens is 2. The smallest absolute Gasteiger partial charge is 0.243 e. The molecule has 2 rings (SSSR count). The van der Waals surface area contributed by atoms with Crippen LogP contribution in [0.4, 0.5) is 4.39 Å². The van der Waals surface area contributed by atoms with Gasteiger partial charge in [0, 0.05) is 40.3 Å². The van der Waals surface area contributed by atoms with Gasteiger partial charge in [-0.2, -0.15) is 0 Å². The monoisotopic (exact) mass is 533 g/mol. The van der Waals surface area contributed by atoms with Crippen LogP contribution in [-0.2, 0) is 9.53 Å². The third-order valence-electron chi connectivity index (χ3n) is 4.63. The number of aliphatic imine (C=N–C) groups is 1. The minimum atomic E-state index is -0.255. The predicted molar refractivity (Wildman–Crippen MR) is 129 cm³/mol. The maximum absolute atomic E-state index is 13.4. The lowest BCUT2D eigenvalue weighted by Gasteiger charge is -2.35. The summed E-state index contributed by atoms with van der Waals surface area (Å²) < 4.78 is 18.9. The molecule has 1 aromatic carbocycles. The molecule has 1 aliphatic rings. The molecular formula is C21H33FIN5O2. The first kappa shape index (κ1) is 26.3. The molecule has 1 unspecified atom stereocenters. The summed E-state index contributed by atoms with van der Waals surface area (Å²) in [6.45, 7) is 9.93. The van der Waals surface area contributed by atoms with E-state index in [2.05, 4.69) is 27.1 Å². The van der Waals surface area contributed by atoms with Gasteiger partial charge >= 0.3 is 0 Å². The molecule has 30 heavy (non-hydrogen) atoms. The van der Waals surface area contributed by atoms with Crippen LogP contribution in [0, 0.1) is 5.82 Å². The van der Waals surface area contributed by atoms with E-state index in [1.54, 1.807) is 14.1 Å². The standard InChI is InChI=1S/C21H32FN5O2.HI/c1-16(2)13-23-21(25-15-20(28)26(3)4)24-14-19(27-9-11-29-12-10-27)17-5-7-18(22)8-6-17;/h5-8,19H,1,9-15H2,2-4H3,(H2,23,24,25);1H. The van der Waals surface area contributed by atoms with E-state index >= 15 is 0 Å². The van der Waals surface area contributed by atoms with Crippen LogP contribution in [0.25, 0.3) is 0 Å². The number of nitrogens with zero attached hydrogens (tertiary/aromatic N) is 3. The van der Waals surface area contributed by atoms with E-state index in [-0.39, 0.29) is 48.3 Å². The van der Waals surface area contributed by atoms with E-state index in [9.17, 15) is 9.18 Å². The third kappa shape index (κ3) is 8.97. The molecule has 0 aromatic heterocycles. The Hall–Kier alpha value is -1.72. The van der Waals surface area contributed by atoms with Crippen molar-refractivity contribution in [3.8, 4) is 0 Å². The number of guanidine groups is 1. The molecule has 1 heterocycles. The molecule has 1 fully saturated rings. The molecule has 1 atom stereocenters. The summed E-state index contributed by atoms with van der Waals surface area (Å²) in [4.78, 5) is 20.1. The van der Waals surface area contributed by atoms with Crippen molar-refractivity contribution in [1.29, 1.82) is 0 Å². The number of benzene rings is 1. The summed E-state index contributed by atoms with van der Waals surface area (Å²) in [5.41, 5.74) is 1.98. The van der Waals surface area contributed by atoms with Gasteiger partial charge in [0.15, 0.2) is 5.96 Å². The van der Waals surface area contributed by atoms with Gasteiger partial charge in [-0.3, -0.25) is 9.69 Å². The summed E-state index contributed by atoms with van der Waals surface area (Å²) in [6.07, 6.45) is 0. The van der Waals surface area contributed by atoms with Crippen LogP contribution in [-0.4, -0.2) is 81.7 Å². The van der Waals surface area contributed by atoms with Gasteiger partial charge in [0.1, 0.15) is 12.4 Å². The largest absolute Gasteiger partial charge is 0.379 e. The van der Waals surface area contributed by atoms with Crippen molar-refractivity contribution in [2.75, 3.05) is 60.0 Å². The molecule has 1 aromatic rings. The first-order chi connectivity index (χ1) is 13.9. The number of amides is 1. The molecule has 0 saturated carbocycles. The molecular weight excluding hydrogens is 500 g/mol. The molecule has 0 radical (unpaired) electrons. The SMILES string of the molecule is C=C(C)CNC(=NCC(=O)N(C)C)NCC(c1ccc(F)cc1)N1CCOCC1.I. The molecule has 2 N–H and O–H groups in total. The van der Waals surface area contributed by atoms with Gasteiger partial charge in [0.25, 0.3) is 0 Å². The Morgan fingerprint density at radius 2 is 1.90 bits per heavy atom. The van der Waals surface area contributed by atoms with Crippen LogP contribution in [0.1, 0.15) is 18.5 Å². The molecule has 1 amide bonds. The Balaban J connectivity index is 0.00000450. The predicted octanol–water partition coefficient (Wildman–Crippen LogP) is 2.02. The number of morpholine rings is 1. The maximum atomic E-state index is 13.4. The number of hydrogen-bond donors (Lipinski definition) is 2. The first-order valence-electron chi connectivity index (χ1n) is 9.81. The fraction of sp³-hybridized carbons (Fsp3) is 0.524. The minimum Gasteiger partial charge on any atom is -0.379 e. The van der Waals surface area contributed by atoms with Crippen LogP contribution < -0.4 is 10.6 Å². The zero-order valence-electron chi connectivity index (χ0n) is 18.0. The van der Waals surface area contributed by atoms with Crippen LogP contribution in [0.3, 0.4) is 0 Å². The van der Waals surface area contributed by atoms with Crippen molar-refractivity contribution < 1.29 is 13.9 Å². The fourth-order valence-corrected chi connectivity index (χ4v) is 2.92. The van der Waals surface area contributed by atoms with Crippen molar-refractivity contribution >= 4 is 35.8 Å². The molecule has 0 bridgehead atoms. The average Bonchev–Trinajstić information content (AvgIpc) is 2.71. The highest BCUT2D eigenvalue weighted by molar-refractivity contribution is 14.0. The van der Waals surface area contributed by atoms with E-state index in [1.807, 2.05) is 19.1 Å². The number of ether oxygens (including phenoxy) is 1. The normalized spacial score (nSPS) is 15.7. The van der Waals surface area contributed by atoms with Gasteiger partial charge < -0.3 is 20.3 Å². The van der Waals surface area contributed by atoms with E-state index in [4.69, 9.17) is 4.74 Å². The first-order valence-corrected chi connectivity index (χ1v) is 9.81. The Morgan fingerprint density at radius 3 is 2.47 bits per heavy atom. The highest BCUT2D eigenvalue weighted by atomic mass is 127. The highest BCUT2D eigenvalue weighted by Crippen LogP contribution is 2.21. The van der Waals surface area contributed by atoms with E-state index in [0.717, 1.165) is 24.2 Å². The number of carbonyl (C=O) groups excluding carboxylic acids is 1. The van der Waals surface area contributed by atoms with Crippen molar-refractivity contribution in [3.05, 3.63) is 47.8 Å². The number of likely N-dealkylation sites (N-methyl/N-ethyl adjacent to an activating group) is 1. The summed E-state index contributed by atoms with van der Waals surface area (Å²) in [5.74, 6) is 0.211. The quantitative estimate of drug-likeness (QED) is 0.232. The molecule has 0 aliphatic carbocycles. The summed E-state index contributed by atoms with van der Waals surface area (Å²) in [5, 5.41) is 6.53. The number of nitrogens with one attached hydrogen (secondary N) is 2. The second-order valence-electron chi connectivity index (χ2n) is 7.36. The van der Waals surface area contributed by atoms with Crippen molar-refractivity contribution in [3.63, 3.8) is 0 Å². The second kappa shape index (κ2) is 13.6. The lowest BCUT2D eigenvalue weighted by Crippen LogP contribution is -2.46. The van der Waals surface area contributed by atoms with Gasteiger partial charge in [0.05, 0.1) is 19.3 Å². The molecule has 7 nitrogen and oxygen atoms in total. The Morgan fingerprint density at radius 1 is 1.27 bits per heavy atom. The van der Waals surface area contributed by atoms with Gasteiger partial charge in [-0.15, -0.1) is 24.0 Å². The van der Waals surface area contributed by atoms with E-state index in [1.165, 1.54) is 17.0 Å². The maximum Gasteiger partial charge on any atom is 0.243 e. The second-order valence-corrected chi connectivity index (χ2v) is 7.36. The summed E-state index contributed by atoms with van der Waals surface area (Å²) in [6, 6.07) is 6.61. The molecule has 168 valence electrons. The van der Waals surface area contributed by atoms with Crippen LogP contribution in [0.2, 0.25) is 0 Å². The number of rotatable bonds is 8. The van der Waals surface area contributed by atoms with Crippen molar-refractivity contribution in [1.82, 2.24) is 20.4 Å². The van der Waals surface area contributed by atoms with Gasteiger partial charge in [-0.05, 0) is 24.6 Å². The van der Waals surface area contributed by atoms with Gasteiger partial charge in [-0.1, -0.05) is 24.3 Å². The van der Waals surface area contributed by atoms with Crippen molar-refractivity contribution in [2.45, 2.75) is 13.0 Å². The van der Waals surface area contributed by atoms with Crippen LogP contribution in [0.5, 0.6) is 0 Å². The zero-order valence-corrected chi connectivity index (χ0v) is 20.3. The van der Waals surface area contributed by atoms with E-state index in [0.29, 0.717) is 32.3 Å². The van der Waals surface area contributed by atoms with Gasteiger partial charge in [-0.25, -0.2) is 9.38 Å². The zero-order chi connectivity index (χ0) is 21.2. The lowest BCUT2D eigenvalue weighted by atomic mass is 10.0. The topological polar surface area (TPSA) is 69.2 Å². The van der Waals surface area contributed by atoms with E-state index < -0.39 is 0 Å². The van der Waals surface area contributed by atoms with Crippen LogP contribution in [0.15, 0.2) is 41.4 Å². The molecule has 1 saturated heterocycles. The molecule has 0 spiro atoms. The summed E-state index contributed by atoms with van der Waals surface area (Å²) >= 11 is 0. The lowest BCUT2D eigenvalue weighted by molar-refractivity contribution is -0.127. The Labute approximate surface area is 195 Å². The Bertz CT molecular complexity index is 706. The highest BCUT2D eigenvalue weighted by Gasteiger charge is 2.23. The van der Waals surface area contributed by atoms with Gasteiger partial charge in [0.2, 0.25) is 5.91 Å². The summed E-state index contributed by atoms with van der Waals surface area (Å²) in [7, 11) is 3.41. The average molecular weight is 533 g/mol. The third-order valence-corrected chi connectivity index (χ3v) is 4.63. The number of carbonyl (C=O) groups is 1. The Kier molecular flexibility index (Phi) is 11.9. The fourth-order valence-electron chi connectivity index (χ4n) is 2.92. The van der Waals surface area contributed by atoms with Crippen LogP contribution >= 0.6 is 24.0 Å². The molecule has 1 aliphatic heterocycles. The number of hydrogen-bond acceptors (Lipinski definition) is 4. The minimum absolute atomic E-state index is 0.